The topological polar surface area (TPSA) is 101 Å². The first kappa shape index (κ1) is 18.9. The molecule has 0 saturated heterocycles. The van der Waals surface area contributed by atoms with E-state index in [1.165, 1.54) is 4.57 Å². The van der Waals surface area contributed by atoms with Crippen molar-refractivity contribution in [3.63, 3.8) is 0 Å². The van der Waals surface area contributed by atoms with Crippen LogP contribution in [0.25, 0.3) is 5.69 Å². The quantitative estimate of drug-likeness (QED) is 0.789. The first-order valence-corrected chi connectivity index (χ1v) is 7.73. The Morgan fingerprint density at radius 2 is 2.11 bits per heavy atom. The molecule has 146 valence electrons. The van der Waals surface area contributed by atoms with E-state index in [-0.39, 0.29) is 25.6 Å². The lowest BCUT2D eigenvalue weighted by Gasteiger charge is -2.19. The Bertz CT molecular complexity index is 951. The van der Waals surface area contributed by atoms with E-state index >= 15 is 0 Å². The molecule has 0 spiro atoms. The predicted molar refractivity (Wildman–Crippen MR) is 82.1 cm³/mol. The van der Waals surface area contributed by atoms with Gasteiger partial charge in [-0.05, 0) is 13.0 Å². The van der Waals surface area contributed by atoms with Gasteiger partial charge in [-0.3, -0.25) is 9.36 Å². The molecule has 0 unspecified atom stereocenters. The lowest BCUT2D eigenvalue weighted by Crippen LogP contribution is -2.32. The standard InChI is InChI=1S/C15H14F4N4O4/c1-7(15(17,18)19)27-11-5-10(9(16)4-8(11)13(20)24)23-14(25)22-2-3-26-6-12(22)21-23/h4-5,7H,2-3,6H2,1H3,(H2,20,24)/t7-/m0/s1. The number of halogens is 4. The van der Waals surface area contributed by atoms with Crippen molar-refractivity contribution in [3.8, 4) is 11.4 Å². The summed E-state index contributed by atoms with van der Waals surface area (Å²) in [4.78, 5) is 23.9. The molecular weight excluding hydrogens is 376 g/mol. The number of nitrogens with two attached hydrogens (primary N) is 1. The molecule has 0 bridgehead atoms. The van der Waals surface area contributed by atoms with Gasteiger partial charge in [-0.2, -0.15) is 17.9 Å². The van der Waals surface area contributed by atoms with E-state index in [0.717, 1.165) is 6.07 Å². The number of ether oxygens (including phenoxy) is 2. The highest BCUT2D eigenvalue weighted by molar-refractivity contribution is 5.96. The highest BCUT2D eigenvalue weighted by Crippen LogP contribution is 2.30. The number of primary amides is 1. The van der Waals surface area contributed by atoms with Gasteiger partial charge in [-0.25, -0.2) is 9.18 Å². The second kappa shape index (κ2) is 6.68. The zero-order valence-electron chi connectivity index (χ0n) is 13.9. The number of hydrogen-bond donors (Lipinski definition) is 1. The van der Waals surface area contributed by atoms with Crippen LogP contribution in [-0.4, -0.2) is 39.1 Å². The fourth-order valence-electron chi connectivity index (χ4n) is 2.50. The maximum absolute atomic E-state index is 14.5. The smallest absolute Gasteiger partial charge is 0.425 e. The van der Waals surface area contributed by atoms with Crippen LogP contribution in [-0.2, 0) is 17.9 Å². The number of benzene rings is 1. The molecule has 2 N–H and O–H groups in total. The number of carbonyl (C=O) groups is 1. The highest BCUT2D eigenvalue weighted by Gasteiger charge is 2.39. The minimum atomic E-state index is -4.73. The normalized spacial score (nSPS) is 15.3. The maximum Gasteiger partial charge on any atom is 0.425 e. The number of amides is 1. The molecule has 1 aromatic carbocycles. The Balaban J connectivity index is 2.12. The summed E-state index contributed by atoms with van der Waals surface area (Å²) in [6, 6.07) is 1.40. The molecule has 1 atom stereocenters. The van der Waals surface area contributed by atoms with Gasteiger partial charge in [-0.1, -0.05) is 0 Å². The Labute approximate surface area is 149 Å². The van der Waals surface area contributed by atoms with Crippen LogP contribution in [0.15, 0.2) is 16.9 Å². The Kier molecular flexibility index (Phi) is 4.68. The van der Waals surface area contributed by atoms with E-state index in [1.807, 2.05) is 0 Å². The van der Waals surface area contributed by atoms with E-state index < -0.39 is 46.7 Å². The molecule has 8 nitrogen and oxygen atoms in total. The number of hydrogen-bond acceptors (Lipinski definition) is 5. The predicted octanol–water partition coefficient (Wildman–Crippen LogP) is 1.13. The van der Waals surface area contributed by atoms with Gasteiger partial charge in [0.25, 0.3) is 5.91 Å². The van der Waals surface area contributed by atoms with Crippen molar-refractivity contribution in [2.24, 2.45) is 5.73 Å². The number of fused-ring (bicyclic) bond motifs is 1. The lowest BCUT2D eigenvalue weighted by atomic mass is 10.1. The zero-order valence-corrected chi connectivity index (χ0v) is 13.9. The molecule has 1 amide bonds. The van der Waals surface area contributed by atoms with Gasteiger partial charge in [0.15, 0.2) is 11.9 Å². The second-order valence-corrected chi connectivity index (χ2v) is 5.78. The van der Waals surface area contributed by atoms with Crippen LogP contribution in [0.2, 0.25) is 0 Å². The molecule has 2 heterocycles. The summed E-state index contributed by atoms with van der Waals surface area (Å²) in [6.07, 6.45) is -7.03. The Morgan fingerprint density at radius 3 is 2.70 bits per heavy atom. The van der Waals surface area contributed by atoms with Crippen LogP contribution < -0.4 is 16.2 Å². The summed E-state index contributed by atoms with van der Waals surface area (Å²) in [5.41, 5.74) is 3.33. The molecule has 0 fully saturated rings. The number of carbonyl (C=O) groups excluding carboxylic acids is 1. The highest BCUT2D eigenvalue weighted by atomic mass is 19.4. The van der Waals surface area contributed by atoms with Crippen LogP contribution in [0.5, 0.6) is 5.75 Å². The minimum absolute atomic E-state index is 0.0255. The van der Waals surface area contributed by atoms with Gasteiger partial charge < -0.3 is 15.2 Å². The molecule has 27 heavy (non-hydrogen) atoms. The van der Waals surface area contributed by atoms with Crippen LogP contribution >= 0.6 is 0 Å². The molecule has 1 aliphatic heterocycles. The molecule has 12 heteroatoms. The Morgan fingerprint density at radius 1 is 1.41 bits per heavy atom. The van der Waals surface area contributed by atoms with Gasteiger partial charge in [-0.15, -0.1) is 5.10 Å². The number of rotatable bonds is 4. The van der Waals surface area contributed by atoms with Crippen LogP contribution in [0.1, 0.15) is 23.1 Å². The molecule has 2 aromatic rings. The van der Waals surface area contributed by atoms with Crippen molar-refractivity contribution in [2.75, 3.05) is 6.61 Å². The number of alkyl halides is 3. The van der Waals surface area contributed by atoms with E-state index in [1.54, 1.807) is 0 Å². The van der Waals surface area contributed by atoms with E-state index in [2.05, 4.69) is 5.10 Å². The van der Waals surface area contributed by atoms with Gasteiger partial charge in [0, 0.05) is 6.07 Å². The zero-order chi connectivity index (χ0) is 19.9. The number of aromatic nitrogens is 3. The van der Waals surface area contributed by atoms with Crippen molar-refractivity contribution in [3.05, 3.63) is 39.8 Å². The molecule has 0 radical (unpaired) electrons. The van der Waals surface area contributed by atoms with Gasteiger partial charge in [0.2, 0.25) is 0 Å². The fourth-order valence-corrected chi connectivity index (χ4v) is 2.50. The Hall–Kier alpha value is -2.89. The van der Waals surface area contributed by atoms with Crippen LogP contribution in [0, 0.1) is 5.82 Å². The van der Waals surface area contributed by atoms with Crippen LogP contribution in [0.4, 0.5) is 17.6 Å². The summed E-state index contributed by atoms with van der Waals surface area (Å²) in [7, 11) is 0. The third-order valence-electron chi connectivity index (χ3n) is 3.94. The summed E-state index contributed by atoms with van der Waals surface area (Å²) in [5.74, 6) is -2.64. The molecule has 0 aliphatic carbocycles. The number of nitrogens with zero attached hydrogens (tertiary/aromatic N) is 3. The monoisotopic (exact) mass is 390 g/mol. The van der Waals surface area contributed by atoms with Crippen molar-refractivity contribution < 1.29 is 31.8 Å². The van der Waals surface area contributed by atoms with Gasteiger partial charge >= 0.3 is 11.9 Å². The SMILES string of the molecule is C[C@H](Oc1cc(-n2nc3n(c2=O)CCOC3)c(F)cc1C(N)=O)C(F)(F)F. The summed E-state index contributed by atoms with van der Waals surface area (Å²) in [5, 5.41) is 3.93. The molecule has 1 aromatic heterocycles. The first-order chi connectivity index (χ1) is 12.6. The maximum atomic E-state index is 14.5. The molecule has 3 rings (SSSR count). The van der Waals surface area contributed by atoms with Gasteiger partial charge in [0.05, 0.1) is 18.7 Å². The van der Waals surface area contributed by atoms with E-state index in [0.29, 0.717) is 17.7 Å². The molecule has 0 saturated carbocycles. The lowest BCUT2D eigenvalue weighted by molar-refractivity contribution is -0.189. The van der Waals surface area contributed by atoms with Crippen molar-refractivity contribution in [1.82, 2.24) is 14.3 Å². The van der Waals surface area contributed by atoms with Gasteiger partial charge in [0.1, 0.15) is 23.9 Å². The fraction of sp³-hybridized carbons (Fsp3) is 0.400. The first-order valence-electron chi connectivity index (χ1n) is 7.73. The van der Waals surface area contributed by atoms with Crippen molar-refractivity contribution in [2.45, 2.75) is 32.4 Å². The summed E-state index contributed by atoms with van der Waals surface area (Å²) >= 11 is 0. The molecular formula is C15H14F4N4O4. The van der Waals surface area contributed by atoms with Crippen molar-refractivity contribution >= 4 is 5.91 Å². The third-order valence-corrected chi connectivity index (χ3v) is 3.94. The average Bonchev–Trinajstić information content (AvgIpc) is 2.92. The van der Waals surface area contributed by atoms with Crippen LogP contribution in [0.3, 0.4) is 0 Å². The summed E-state index contributed by atoms with van der Waals surface area (Å²) in [6.45, 7) is 1.20. The minimum Gasteiger partial charge on any atom is -0.480 e. The van der Waals surface area contributed by atoms with E-state index in [9.17, 15) is 27.2 Å². The average molecular weight is 390 g/mol. The van der Waals surface area contributed by atoms with E-state index in [4.69, 9.17) is 15.2 Å². The second-order valence-electron chi connectivity index (χ2n) is 5.78. The van der Waals surface area contributed by atoms with Crippen molar-refractivity contribution in [1.29, 1.82) is 0 Å². The molecule has 1 aliphatic rings. The third kappa shape index (κ3) is 3.52. The summed E-state index contributed by atoms with van der Waals surface area (Å²) < 4.78 is 64.7. The largest absolute Gasteiger partial charge is 0.480 e.